The van der Waals surface area contributed by atoms with Crippen LogP contribution in [0.5, 0.6) is 0 Å². The Bertz CT molecular complexity index is 486. The van der Waals surface area contributed by atoms with Gasteiger partial charge in [-0.05, 0) is 30.4 Å². The van der Waals surface area contributed by atoms with E-state index in [9.17, 15) is 4.79 Å². The SMILES string of the molecule is CN1C(=O)CCc2cccc(C3(CN)CCC3)c21. The number of para-hydroxylation sites is 1. The van der Waals surface area contributed by atoms with Crippen LogP contribution in [-0.2, 0) is 16.6 Å². The van der Waals surface area contributed by atoms with Crippen LogP contribution in [0.25, 0.3) is 0 Å². The monoisotopic (exact) mass is 244 g/mol. The van der Waals surface area contributed by atoms with Crippen LogP contribution in [-0.4, -0.2) is 19.5 Å². The number of hydrogen-bond donors (Lipinski definition) is 1. The molecule has 0 spiro atoms. The van der Waals surface area contributed by atoms with E-state index in [1.807, 2.05) is 11.9 Å². The summed E-state index contributed by atoms with van der Waals surface area (Å²) in [6.45, 7) is 0.686. The number of benzene rings is 1. The van der Waals surface area contributed by atoms with Crippen molar-refractivity contribution in [1.82, 2.24) is 0 Å². The number of aryl methyl sites for hydroxylation is 1. The van der Waals surface area contributed by atoms with Gasteiger partial charge in [0, 0.05) is 25.4 Å². The first-order valence-corrected chi connectivity index (χ1v) is 6.77. The predicted molar refractivity (Wildman–Crippen MR) is 72.8 cm³/mol. The number of carbonyl (C=O) groups is 1. The van der Waals surface area contributed by atoms with Gasteiger partial charge in [-0.15, -0.1) is 0 Å². The third-order valence-corrected chi connectivity index (χ3v) is 4.71. The molecule has 1 aliphatic carbocycles. The molecule has 3 nitrogen and oxygen atoms in total. The van der Waals surface area contributed by atoms with Crippen LogP contribution in [0, 0.1) is 0 Å². The predicted octanol–water partition coefficient (Wildman–Crippen LogP) is 1.98. The number of nitrogens with zero attached hydrogens (tertiary/aromatic N) is 1. The van der Waals surface area contributed by atoms with E-state index >= 15 is 0 Å². The van der Waals surface area contributed by atoms with Crippen molar-refractivity contribution >= 4 is 11.6 Å². The summed E-state index contributed by atoms with van der Waals surface area (Å²) in [6, 6.07) is 6.43. The standard InChI is InChI=1S/C15H20N2O/c1-17-13(18)7-6-11-4-2-5-12(14(11)17)15(10-16)8-3-9-15/h2,4-5H,3,6-10,16H2,1H3. The molecule has 0 atom stereocenters. The topological polar surface area (TPSA) is 46.3 Å². The average Bonchev–Trinajstić information content (AvgIpc) is 2.33. The minimum atomic E-state index is 0.122. The summed E-state index contributed by atoms with van der Waals surface area (Å²) < 4.78 is 0. The maximum Gasteiger partial charge on any atom is 0.227 e. The van der Waals surface area contributed by atoms with Crippen LogP contribution in [0.3, 0.4) is 0 Å². The Labute approximate surface area is 108 Å². The van der Waals surface area contributed by atoms with Crippen molar-refractivity contribution < 1.29 is 4.79 Å². The molecule has 18 heavy (non-hydrogen) atoms. The van der Waals surface area contributed by atoms with E-state index in [2.05, 4.69) is 18.2 Å². The van der Waals surface area contributed by atoms with Crippen LogP contribution >= 0.6 is 0 Å². The Kier molecular flexibility index (Phi) is 2.67. The molecule has 2 N–H and O–H groups in total. The van der Waals surface area contributed by atoms with Crippen LogP contribution in [0.1, 0.15) is 36.8 Å². The quantitative estimate of drug-likeness (QED) is 0.864. The van der Waals surface area contributed by atoms with Crippen molar-refractivity contribution in [2.24, 2.45) is 5.73 Å². The first kappa shape index (κ1) is 11.7. The number of rotatable bonds is 2. The molecular weight excluding hydrogens is 224 g/mol. The Morgan fingerprint density at radius 1 is 1.33 bits per heavy atom. The highest BCUT2D eigenvalue weighted by Crippen LogP contribution is 2.48. The fourth-order valence-corrected chi connectivity index (χ4v) is 3.34. The first-order valence-electron chi connectivity index (χ1n) is 6.77. The molecule has 2 aliphatic rings. The molecule has 0 radical (unpaired) electrons. The lowest BCUT2D eigenvalue weighted by Crippen LogP contribution is -2.44. The summed E-state index contributed by atoms with van der Waals surface area (Å²) in [7, 11) is 1.90. The van der Waals surface area contributed by atoms with Gasteiger partial charge in [0.15, 0.2) is 0 Å². The molecule has 1 aromatic carbocycles. The zero-order chi connectivity index (χ0) is 12.8. The molecule has 0 bridgehead atoms. The number of anilines is 1. The normalized spacial score (nSPS) is 21.4. The summed E-state index contributed by atoms with van der Waals surface area (Å²) in [4.78, 5) is 13.8. The Morgan fingerprint density at radius 3 is 2.72 bits per heavy atom. The number of amides is 1. The van der Waals surface area contributed by atoms with E-state index in [1.54, 1.807) is 0 Å². The summed E-state index contributed by atoms with van der Waals surface area (Å²) in [5.41, 5.74) is 9.87. The molecule has 3 heteroatoms. The third-order valence-electron chi connectivity index (χ3n) is 4.71. The first-order chi connectivity index (χ1) is 8.68. The zero-order valence-corrected chi connectivity index (χ0v) is 10.9. The van der Waals surface area contributed by atoms with Gasteiger partial charge < -0.3 is 10.6 Å². The smallest absolute Gasteiger partial charge is 0.227 e. The molecule has 1 heterocycles. The van der Waals surface area contributed by atoms with E-state index in [0.29, 0.717) is 13.0 Å². The summed E-state index contributed by atoms with van der Waals surface area (Å²) in [5, 5.41) is 0. The van der Waals surface area contributed by atoms with E-state index in [-0.39, 0.29) is 11.3 Å². The molecule has 1 saturated carbocycles. The highest BCUT2D eigenvalue weighted by molar-refractivity contribution is 5.97. The van der Waals surface area contributed by atoms with Crippen molar-refractivity contribution in [1.29, 1.82) is 0 Å². The lowest BCUT2D eigenvalue weighted by Gasteiger charge is -2.44. The Balaban J connectivity index is 2.14. The van der Waals surface area contributed by atoms with E-state index < -0.39 is 0 Å². The van der Waals surface area contributed by atoms with Crippen molar-refractivity contribution in [3.63, 3.8) is 0 Å². The summed E-state index contributed by atoms with van der Waals surface area (Å²) >= 11 is 0. The Hall–Kier alpha value is -1.35. The molecule has 1 fully saturated rings. The zero-order valence-electron chi connectivity index (χ0n) is 10.9. The summed E-state index contributed by atoms with van der Waals surface area (Å²) in [5.74, 6) is 0.224. The molecule has 96 valence electrons. The fourth-order valence-electron chi connectivity index (χ4n) is 3.34. The van der Waals surface area contributed by atoms with Crippen molar-refractivity contribution in [2.45, 2.75) is 37.5 Å². The second-order valence-electron chi connectivity index (χ2n) is 5.60. The average molecular weight is 244 g/mol. The molecule has 0 saturated heterocycles. The van der Waals surface area contributed by atoms with Crippen LogP contribution < -0.4 is 10.6 Å². The van der Waals surface area contributed by atoms with Crippen LogP contribution in [0.2, 0.25) is 0 Å². The van der Waals surface area contributed by atoms with Crippen molar-refractivity contribution in [3.05, 3.63) is 29.3 Å². The molecule has 0 unspecified atom stereocenters. The molecule has 1 amide bonds. The molecule has 3 rings (SSSR count). The van der Waals surface area contributed by atoms with Crippen molar-refractivity contribution in [2.75, 3.05) is 18.5 Å². The van der Waals surface area contributed by atoms with E-state index in [1.165, 1.54) is 17.5 Å². The molecule has 0 aromatic heterocycles. The van der Waals surface area contributed by atoms with Gasteiger partial charge in [-0.25, -0.2) is 0 Å². The highest BCUT2D eigenvalue weighted by atomic mass is 16.2. The van der Waals surface area contributed by atoms with Gasteiger partial charge in [-0.2, -0.15) is 0 Å². The number of fused-ring (bicyclic) bond motifs is 1. The van der Waals surface area contributed by atoms with Crippen LogP contribution in [0.15, 0.2) is 18.2 Å². The van der Waals surface area contributed by atoms with E-state index in [4.69, 9.17) is 5.73 Å². The van der Waals surface area contributed by atoms with E-state index in [0.717, 1.165) is 24.9 Å². The lowest BCUT2D eigenvalue weighted by atomic mass is 9.63. The van der Waals surface area contributed by atoms with Gasteiger partial charge in [0.25, 0.3) is 0 Å². The molecule has 1 aromatic rings. The third kappa shape index (κ3) is 1.50. The van der Waals surface area contributed by atoms with Crippen LogP contribution in [0.4, 0.5) is 5.69 Å². The van der Waals surface area contributed by atoms with Gasteiger partial charge in [0.2, 0.25) is 5.91 Å². The number of nitrogens with two attached hydrogens (primary N) is 1. The maximum absolute atomic E-state index is 11.9. The lowest BCUT2D eigenvalue weighted by molar-refractivity contribution is -0.118. The second kappa shape index (κ2) is 4.09. The second-order valence-corrected chi connectivity index (χ2v) is 5.60. The van der Waals surface area contributed by atoms with Gasteiger partial charge in [0.05, 0.1) is 5.69 Å². The summed E-state index contributed by atoms with van der Waals surface area (Å²) in [6.07, 6.45) is 5.05. The fraction of sp³-hybridized carbons (Fsp3) is 0.533. The van der Waals surface area contributed by atoms with Gasteiger partial charge in [0.1, 0.15) is 0 Å². The molecule has 1 aliphatic heterocycles. The van der Waals surface area contributed by atoms with Gasteiger partial charge in [-0.1, -0.05) is 24.6 Å². The molecular formula is C15H20N2O. The van der Waals surface area contributed by atoms with Gasteiger partial charge >= 0.3 is 0 Å². The maximum atomic E-state index is 11.9. The minimum Gasteiger partial charge on any atom is -0.330 e. The number of carbonyl (C=O) groups excluding carboxylic acids is 1. The highest BCUT2D eigenvalue weighted by Gasteiger charge is 2.41. The Morgan fingerprint density at radius 2 is 2.11 bits per heavy atom. The minimum absolute atomic E-state index is 0.122. The van der Waals surface area contributed by atoms with Gasteiger partial charge in [-0.3, -0.25) is 4.79 Å². The van der Waals surface area contributed by atoms with Crippen molar-refractivity contribution in [3.8, 4) is 0 Å². The largest absolute Gasteiger partial charge is 0.330 e. The number of hydrogen-bond acceptors (Lipinski definition) is 2.